The largest absolute Gasteiger partial charge is 0.481 e. The van der Waals surface area contributed by atoms with E-state index in [1.54, 1.807) is 24.3 Å². The fourth-order valence-corrected chi connectivity index (χ4v) is 1.50. The van der Waals surface area contributed by atoms with Crippen LogP contribution in [0.3, 0.4) is 0 Å². The normalized spacial score (nSPS) is 9.89. The number of benzene rings is 1. The van der Waals surface area contributed by atoms with Gasteiger partial charge in [0.1, 0.15) is 0 Å². The van der Waals surface area contributed by atoms with Crippen LogP contribution in [0.4, 0.5) is 5.69 Å². The Kier molecular flexibility index (Phi) is 5.53. The number of hydrogen-bond donors (Lipinski definition) is 3. The molecular weight excluding hydrogens is 250 g/mol. The fraction of sp³-hybridized carbons (Fsp3) is 0.308. The Bertz CT molecular complexity index is 484. The average molecular weight is 265 g/mol. The van der Waals surface area contributed by atoms with Crippen LogP contribution in [0, 0.1) is 0 Å². The van der Waals surface area contributed by atoms with Crippen molar-refractivity contribution in [1.29, 1.82) is 0 Å². The second kappa shape index (κ2) is 7.15. The van der Waals surface area contributed by atoms with Gasteiger partial charge in [-0.05, 0) is 24.1 Å². The highest BCUT2D eigenvalue weighted by Crippen LogP contribution is 2.13. The summed E-state index contributed by atoms with van der Waals surface area (Å²) in [6, 6.07) is 6.84. The monoisotopic (exact) mass is 265 g/mol. The number of aryl methyl sites for hydroxylation is 1. The lowest BCUT2D eigenvalue weighted by Crippen LogP contribution is -2.13. The van der Waals surface area contributed by atoms with Gasteiger partial charge in [-0.3, -0.25) is 14.4 Å². The lowest BCUT2D eigenvalue weighted by atomic mass is 10.1. The van der Waals surface area contributed by atoms with Gasteiger partial charge in [0, 0.05) is 18.5 Å². The summed E-state index contributed by atoms with van der Waals surface area (Å²) in [5, 5.41) is 19.6. The number of nitrogens with one attached hydrogen (secondary N) is 1. The van der Waals surface area contributed by atoms with E-state index >= 15 is 0 Å². The smallest absolute Gasteiger partial charge is 0.303 e. The molecular formula is C13H15NO5. The second-order valence-corrected chi connectivity index (χ2v) is 4.04. The van der Waals surface area contributed by atoms with Crippen LogP contribution in [-0.2, 0) is 20.8 Å². The van der Waals surface area contributed by atoms with E-state index in [0.717, 1.165) is 5.56 Å². The number of carboxylic acids is 2. The van der Waals surface area contributed by atoms with Crippen molar-refractivity contribution in [1.82, 2.24) is 0 Å². The topological polar surface area (TPSA) is 104 Å². The molecule has 0 saturated heterocycles. The van der Waals surface area contributed by atoms with Crippen LogP contribution in [0.2, 0.25) is 0 Å². The summed E-state index contributed by atoms with van der Waals surface area (Å²) in [7, 11) is 0. The molecule has 0 spiro atoms. The zero-order valence-electron chi connectivity index (χ0n) is 10.3. The van der Waals surface area contributed by atoms with Crippen molar-refractivity contribution in [2.75, 3.05) is 5.32 Å². The predicted molar refractivity (Wildman–Crippen MR) is 67.9 cm³/mol. The molecule has 0 aliphatic carbocycles. The minimum atomic E-state index is -1.02. The van der Waals surface area contributed by atoms with E-state index in [0.29, 0.717) is 12.1 Å². The van der Waals surface area contributed by atoms with Crippen molar-refractivity contribution in [3.8, 4) is 0 Å². The van der Waals surface area contributed by atoms with Crippen LogP contribution in [0.5, 0.6) is 0 Å². The van der Waals surface area contributed by atoms with E-state index in [-0.39, 0.29) is 25.2 Å². The number of amides is 1. The molecule has 19 heavy (non-hydrogen) atoms. The van der Waals surface area contributed by atoms with E-state index in [1.165, 1.54) is 0 Å². The SMILES string of the molecule is O=C(O)CCC(=O)Nc1cccc(CCC(=O)O)c1. The Labute approximate surface area is 110 Å². The van der Waals surface area contributed by atoms with Gasteiger partial charge in [0.05, 0.1) is 6.42 Å². The van der Waals surface area contributed by atoms with Crippen molar-refractivity contribution < 1.29 is 24.6 Å². The number of rotatable bonds is 7. The van der Waals surface area contributed by atoms with E-state index in [1.807, 2.05) is 0 Å². The number of anilines is 1. The molecule has 1 rings (SSSR count). The number of carbonyl (C=O) groups excluding carboxylic acids is 1. The molecule has 0 fully saturated rings. The van der Waals surface area contributed by atoms with Crippen molar-refractivity contribution in [2.45, 2.75) is 25.7 Å². The van der Waals surface area contributed by atoms with Gasteiger partial charge in [0.2, 0.25) is 5.91 Å². The Hall–Kier alpha value is -2.37. The number of hydrogen-bond acceptors (Lipinski definition) is 3. The maximum Gasteiger partial charge on any atom is 0.303 e. The minimum absolute atomic E-state index is 0.0242. The van der Waals surface area contributed by atoms with Gasteiger partial charge < -0.3 is 15.5 Å². The zero-order chi connectivity index (χ0) is 14.3. The van der Waals surface area contributed by atoms with Gasteiger partial charge in [-0.2, -0.15) is 0 Å². The average Bonchev–Trinajstić information content (AvgIpc) is 2.34. The lowest BCUT2D eigenvalue weighted by molar-refractivity contribution is -0.138. The highest BCUT2D eigenvalue weighted by molar-refractivity contribution is 5.92. The summed E-state index contributed by atoms with van der Waals surface area (Å²) < 4.78 is 0. The van der Waals surface area contributed by atoms with E-state index in [4.69, 9.17) is 10.2 Å². The first-order valence-corrected chi connectivity index (χ1v) is 5.80. The third-order valence-electron chi connectivity index (χ3n) is 2.40. The minimum Gasteiger partial charge on any atom is -0.481 e. The first-order chi connectivity index (χ1) is 8.97. The molecule has 6 heteroatoms. The van der Waals surface area contributed by atoms with E-state index < -0.39 is 11.9 Å². The van der Waals surface area contributed by atoms with Crippen LogP contribution in [0.1, 0.15) is 24.8 Å². The highest BCUT2D eigenvalue weighted by atomic mass is 16.4. The molecule has 0 aliphatic rings. The van der Waals surface area contributed by atoms with Crippen molar-refractivity contribution in [3.63, 3.8) is 0 Å². The van der Waals surface area contributed by atoms with E-state index in [9.17, 15) is 14.4 Å². The van der Waals surface area contributed by atoms with Crippen LogP contribution in [0.25, 0.3) is 0 Å². The van der Waals surface area contributed by atoms with Crippen LogP contribution in [0.15, 0.2) is 24.3 Å². The molecule has 0 saturated carbocycles. The third kappa shape index (κ3) is 6.21. The maximum absolute atomic E-state index is 11.4. The predicted octanol–water partition coefficient (Wildman–Crippen LogP) is 1.51. The number of carboxylic acid groups (broad SMARTS) is 2. The molecule has 1 aromatic rings. The van der Waals surface area contributed by atoms with Gasteiger partial charge in [0.15, 0.2) is 0 Å². The quantitative estimate of drug-likeness (QED) is 0.693. The summed E-state index contributed by atoms with van der Waals surface area (Å²) in [6.07, 6.45) is 0.101. The van der Waals surface area contributed by atoms with Gasteiger partial charge in [-0.25, -0.2) is 0 Å². The second-order valence-electron chi connectivity index (χ2n) is 4.04. The van der Waals surface area contributed by atoms with Crippen molar-refractivity contribution in [3.05, 3.63) is 29.8 Å². The number of carbonyl (C=O) groups is 3. The lowest BCUT2D eigenvalue weighted by Gasteiger charge is -2.06. The molecule has 0 unspecified atom stereocenters. The molecule has 0 aromatic heterocycles. The van der Waals surface area contributed by atoms with Crippen LogP contribution in [-0.4, -0.2) is 28.1 Å². The Morgan fingerprint density at radius 1 is 1.00 bits per heavy atom. The van der Waals surface area contributed by atoms with Gasteiger partial charge in [-0.15, -0.1) is 0 Å². The fourth-order valence-electron chi connectivity index (χ4n) is 1.50. The Morgan fingerprint density at radius 2 is 1.68 bits per heavy atom. The molecule has 0 bridgehead atoms. The van der Waals surface area contributed by atoms with Crippen molar-refractivity contribution in [2.24, 2.45) is 0 Å². The summed E-state index contributed by atoms with van der Waals surface area (Å²) in [6.45, 7) is 0. The van der Waals surface area contributed by atoms with Gasteiger partial charge in [-0.1, -0.05) is 12.1 Å². The van der Waals surface area contributed by atoms with E-state index in [2.05, 4.69) is 5.32 Å². The highest BCUT2D eigenvalue weighted by Gasteiger charge is 2.06. The Balaban J connectivity index is 2.54. The molecule has 3 N–H and O–H groups in total. The summed E-state index contributed by atoms with van der Waals surface area (Å²) in [5.41, 5.74) is 1.34. The molecule has 0 aliphatic heterocycles. The first kappa shape index (κ1) is 14.7. The molecule has 0 heterocycles. The molecule has 0 atom stereocenters. The molecule has 1 amide bonds. The summed E-state index contributed by atoms with van der Waals surface area (Å²) in [4.78, 5) is 32.2. The van der Waals surface area contributed by atoms with Crippen LogP contribution < -0.4 is 5.32 Å². The molecule has 102 valence electrons. The van der Waals surface area contributed by atoms with Gasteiger partial charge in [0.25, 0.3) is 0 Å². The maximum atomic E-state index is 11.4. The zero-order valence-corrected chi connectivity index (χ0v) is 10.3. The number of aliphatic carboxylic acids is 2. The summed E-state index contributed by atoms with van der Waals surface area (Å²) >= 11 is 0. The Morgan fingerprint density at radius 3 is 2.32 bits per heavy atom. The standard InChI is InChI=1S/C13H15NO5/c15-11(5-7-13(18)19)14-10-3-1-2-9(8-10)4-6-12(16)17/h1-3,8H,4-7H2,(H,14,15)(H,16,17)(H,18,19). The first-order valence-electron chi connectivity index (χ1n) is 5.80. The van der Waals surface area contributed by atoms with Crippen molar-refractivity contribution >= 4 is 23.5 Å². The molecule has 6 nitrogen and oxygen atoms in total. The third-order valence-corrected chi connectivity index (χ3v) is 2.40. The van der Waals surface area contributed by atoms with Crippen LogP contribution >= 0.6 is 0 Å². The molecule has 1 aromatic carbocycles. The van der Waals surface area contributed by atoms with Gasteiger partial charge >= 0.3 is 11.9 Å². The molecule has 0 radical (unpaired) electrons. The summed E-state index contributed by atoms with van der Waals surface area (Å²) in [5.74, 6) is -2.28.